The summed E-state index contributed by atoms with van der Waals surface area (Å²) >= 11 is 0. The molecule has 0 bridgehead atoms. The van der Waals surface area contributed by atoms with Gasteiger partial charge in [0.05, 0.1) is 12.5 Å². The van der Waals surface area contributed by atoms with E-state index in [-0.39, 0.29) is 0 Å². The summed E-state index contributed by atoms with van der Waals surface area (Å²) in [6.07, 6.45) is 3.34. The maximum absolute atomic E-state index is 4.38. The number of fused-ring (bicyclic) bond motifs is 1. The molecule has 15 heavy (non-hydrogen) atoms. The summed E-state index contributed by atoms with van der Waals surface area (Å²) in [6.45, 7) is 0. The van der Waals surface area contributed by atoms with E-state index >= 15 is 0 Å². The minimum atomic E-state index is 0.715. The summed E-state index contributed by atoms with van der Waals surface area (Å²) in [5.74, 6) is 0.715. The Morgan fingerprint density at radius 1 is 1.00 bits per heavy atom. The largest absolute Gasteiger partial charge is 0.329 e. The molecule has 72 valence electrons. The highest BCUT2D eigenvalue weighted by Gasteiger charge is 2.02. The smallest absolute Gasteiger partial charge is 0.161 e. The molecule has 0 unspecified atom stereocenters. The lowest BCUT2D eigenvalue weighted by Gasteiger charge is -1.98. The first-order chi connectivity index (χ1) is 7.43. The average Bonchev–Trinajstić information content (AvgIpc) is 2.77. The van der Waals surface area contributed by atoms with Crippen LogP contribution in [-0.4, -0.2) is 19.9 Å². The van der Waals surface area contributed by atoms with Crippen LogP contribution in [0.3, 0.4) is 0 Å². The number of H-pyrrole nitrogens is 1. The molecular formula is C11H8N4. The van der Waals surface area contributed by atoms with Crippen molar-refractivity contribution in [2.45, 2.75) is 0 Å². The van der Waals surface area contributed by atoms with E-state index in [9.17, 15) is 0 Å². The Balaban J connectivity index is 2.19. The van der Waals surface area contributed by atoms with Crippen LogP contribution in [-0.2, 0) is 0 Å². The van der Waals surface area contributed by atoms with Gasteiger partial charge < -0.3 is 4.98 Å². The van der Waals surface area contributed by atoms with E-state index in [0.29, 0.717) is 5.82 Å². The fourth-order valence-corrected chi connectivity index (χ4v) is 1.47. The number of benzene rings is 1. The molecule has 0 aliphatic heterocycles. The van der Waals surface area contributed by atoms with Crippen molar-refractivity contribution in [1.82, 2.24) is 19.9 Å². The van der Waals surface area contributed by atoms with Crippen LogP contribution in [0.25, 0.3) is 22.6 Å². The molecule has 0 atom stereocenters. The summed E-state index contributed by atoms with van der Waals surface area (Å²) in [7, 11) is 0. The van der Waals surface area contributed by atoms with Crippen molar-refractivity contribution < 1.29 is 0 Å². The number of rotatable bonds is 1. The van der Waals surface area contributed by atoms with Crippen LogP contribution < -0.4 is 0 Å². The van der Waals surface area contributed by atoms with Gasteiger partial charge in [-0.2, -0.15) is 0 Å². The van der Waals surface area contributed by atoms with Gasteiger partial charge in [0.15, 0.2) is 11.5 Å². The number of hydrogen-bond acceptors (Lipinski definition) is 3. The van der Waals surface area contributed by atoms with Gasteiger partial charge in [-0.05, 0) is 0 Å². The van der Waals surface area contributed by atoms with Gasteiger partial charge in [0.1, 0.15) is 5.52 Å². The number of aromatic nitrogens is 4. The van der Waals surface area contributed by atoms with Gasteiger partial charge in [0.2, 0.25) is 0 Å². The second-order valence-electron chi connectivity index (χ2n) is 3.20. The molecule has 0 radical (unpaired) electrons. The minimum absolute atomic E-state index is 0.715. The van der Waals surface area contributed by atoms with E-state index in [1.54, 1.807) is 12.5 Å². The molecule has 4 nitrogen and oxygen atoms in total. The Bertz CT molecular complexity index is 586. The molecule has 1 aromatic carbocycles. The second-order valence-corrected chi connectivity index (χ2v) is 3.20. The van der Waals surface area contributed by atoms with E-state index in [1.807, 2.05) is 30.3 Å². The monoisotopic (exact) mass is 196 g/mol. The molecule has 3 aromatic rings. The van der Waals surface area contributed by atoms with Crippen LogP contribution in [0.1, 0.15) is 0 Å². The molecule has 2 heterocycles. The summed E-state index contributed by atoms with van der Waals surface area (Å²) in [4.78, 5) is 15.7. The highest BCUT2D eigenvalue weighted by Crippen LogP contribution is 2.15. The number of nitrogens with one attached hydrogen (secondary N) is 1. The van der Waals surface area contributed by atoms with E-state index in [4.69, 9.17) is 0 Å². The van der Waals surface area contributed by atoms with Crippen LogP contribution in [0, 0.1) is 0 Å². The fourth-order valence-electron chi connectivity index (χ4n) is 1.47. The molecule has 3 rings (SSSR count). The van der Waals surface area contributed by atoms with Gasteiger partial charge in [-0.1, -0.05) is 30.3 Å². The Labute approximate surface area is 86.0 Å². The maximum atomic E-state index is 4.38. The molecule has 0 spiro atoms. The molecule has 0 aliphatic carbocycles. The maximum Gasteiger partial charge on any atom is 0.161 e. The normalized spacial score (nSPS) is 10.7. The molecular weight excluding hydrogens is 188 g/mol. The van der Waals surface area contributed by atoms with Crippen molar-refractivity contribution in [3.63, 3.8) is 0 Å². The third-order valence-corrected chi connectivity index (χ3v) is 2.21. The predicted molar refractivity (Wildman–Crippen MR) is 57.1 cm³/mol. The summed E-state index contributed by atoms with van der Waals surface area (Å²) < 4.78 is 0. The average molecular weight is 196 g/mol. The van der Waals surface area contributed by atoms with E-state index < -0.39 is 0 Å². The van der Waals surface area contributed by atoms with Crippen molar-refractivity contribution in [3.8, 4) is 11.4 Å². The van der Waals surface area contributed by atoms with Gasteiger partial charge in [0, 0.05) is 5.56 Å². The summed E-state index contributed by atoms with van der Waals surface area (Å²) in [5.41, 5.74) is 2.56. The number of hydrogen-bond donors (Lipinski definition) is 1. The van der Waals surface area contributed by atoms with Crippen LogP contribution in [0.15, 0.2) is 42.9 Å². The number of imidazole rings is 1. The zero-order chi connectivity index (χ0) is 10.1. The molecule has 4 heteroatoms. The molecule has 0 amide bonds. The van der Waals surface area contributed by atoms with Gasteiger partial charge in [0.25, 0.3) is 0 Å². The standard InChI is InChI=1S/C11H8N4/c1-2-4-8(5-3-1)10-12-6-9-11(15-10)14-7-13-9/h1-7H,(H,12,13,14,15). The SMILES string of the molecule is c1ccc(-c2ncc3nc[nH]c3n2)cc1. The molecule has 0 saturated heterocycles. The topological polar surface area (TPSA) is 54.5 Å². The molecule has 0 fully saturated rings. The second kappa shape index (κ2) is 3.16. The first-order valence-electron chi connectivity index (χ1n) is 4.65. The van der Waals surface area contributed by atoms with Gasteiger partial charge in [-0.3, -0.25) is 0 Å². The highest BCUT2D eigenvalue weighted by molar-refractivity contribution is 5.71. The number of aromatic amines is 1. The van der Waals surface area contributed by atoms with Crippen molar-refractivity contribution in [3.05, 3.63) is 42.9 Å². The molecule has 2 aromatic heterocycles. The minimum Gasteiger partial charge on any atom is -0.329 e. The fraction of sp³-hybridized carbons (Fsp3) is 0. The Morgan fingerprint density at radius 2 is 1.87 bits per heavy atom. The van der Waals surface area contributed by atoms with Crippen molar-refractivity contribution >= 4 is 11.2 Å². The Kier molecular flexibility index (Phi) is 1.71. The van der Waals surface area contributed by atoms with Crippen LogP contribution >= 0.6 is 0 Å². The van der Waals surface area contributed by atoms with Crippen LogP contribution in [0.5, 0.6) is 0 Å². The summed E-state index contributed by atoms with van der Waals surface area (Å²) in [6, 6.07) is 9.87. The molecule has 0 saturated carbocycles. The van der Waals surface area contributed by atoms with Crippen LogP contribution in [0.4, 0.5) is 0 Å². The number of nitrogens with zero attached hydrogens (tertiary/aromatic N) is 3. The third-order valence-electron chi connectivity index (χ3n) is 2.21. The quantitative estimate of drug-likeness (QED) is 0.647. The first kappa shape index (κ1) is 8.11. The lowest BCUT2D eigenvalue weighted by atomic mass is 10.2. The zero-order valence-corrected chi connectivity index (χ0v) is 7.88. The van der Waals surface area contributed by atoms with E-state index in [0.717, 1.165) is 16.7 Å². The third kappa shape index (κ3) is 1.36. The van der Waals surface area contributed by atoms with Crippen molar-refractivity contribution in [2.24, 2.45) is 0 Å². The Morgan fingerprint density at radius 3 is 2.73 bits per heavy atom. The highest BCUT2D eigenvalue weighted by atomic mass is 15.0. The summed E-state index contributed by atoms with van der Waals surface area (Å²) in [5, 5.41) is 0. The first-order valence-corrected chi connectivity index (χ1v) is 4.65. The van der Waals surface area contributed by atoms with Gasteiger partial charge >= 0.3 is 0 Å². The molecule has 0 aliphatic rings. The van der Waals surface area contributed by atoms with E-state index in [2.05, 4.69) is 19.9 Å². The predicted octanol–water partition coefficient (Wildman–Crippen LogP) is 2.02. The van der Waals surface area contributed by atoms with Crippen molar-refractivity contribution in [1.29, 1.82) is 0 Å². The van der Waals surface area contributed by atoms with Gasteiger partial charge in [-0.25, -0.2) is 15.0 Å². The lowest BCUT2D eigenvalue weighted by molar-refractivity contribution is 1.21. The zero-order valence-electron chi connectivity index (χ0n) is 7.88. The Hall–Kier alpha value is -2.23. The molecule has 1 N–H and O–H groups in total. The van der Waals surface area contributed by atoms with Crippen LogP contribution in [0.2, 0.25) is 0 Å². The van der Waals surface area contributed by atoms with Crippen molar-refractivity contribution in [2.75, 3.05) is 0 Å². The van der Waals surface area contributed by atoms with E-state index in [1.165, 1.54) is 0 Å². The van der Waals surface area contributed by atoms with Gasteiger partial charge in [-0.15, -0.1) is 0 Å². The lowest BCUT2D eigenvalue weighted by Crippen LogP contribution is -1.88.